The molecule has 2 nitrogen and oxygen atoms in total. The van der Waals surface area contributed by atoms with Gasteiger partial charge in [0.05, 0.1) is 5.66 Å². The van der Waals surface area contributed by atoms with Crippen LogP contribution in [-0.2, 0) is 4.79 Å². The number of amides is 1. The molecule has 0 saturated heterocycles. The monoisotopic (exact) mass is 335 g/mol. The van der Waals surface area contributed by atoms with Gasteiger partial charge in [0.2, 0.25) is 5.91 Å². The second-order valence-corrected chi connectivity index (χ2v) is 11.4. The van der Waals surface area contributed by atoms with E-state index in [1.807, 2.05) is 0 Å². The zero-order valence-corrected chi connectivity index (χ0v) is 16.3. The van der Waals surface area contributed by atoms with Gasteiger partial charge in [-0.15, -0.1) is 8.58 Å². The largest absolute Gasteiger partial charge is 0.353 e. The highest BCUT2D eigenvalue weighted by molar-refractivity contribution is 7.39. The maximum atomic E-state index is 12.8. The molecule has 0 heterocycles. The minimum Gasteiger partial charge on any atom is -0.353 e. The minimum absolute atomic E-state index is 0.227. The molecule has 4 aliphatic rings. The summed E-state index contributed by atoms with van der Waals surface area (Å²) in [6, 6.07) is 0.506. The molecular weight excluding hydrogens is 301 g/mol. The molecule has 4 bridgehead atoms. The second kappa shape index (κ2) is 5.72. The molecular formula is C20H34NOP. The quantitative estimate of drug-likeness (QED) is 0.603. The van der Waals surface area contributed by atoms with Gasteiger partial charge in [0.25, 0.3) is 0 Å². The summed E-state index contributed by atoms with van der Waals surface area (Å²) in [7, 11) is 0.721. The van der Waals surface area contributed by atoms with Crippen molar-refractivity contribution in [1.29, 1.82) is 0 Å². The normalized spacial score (nSPS) is 45.8. The summed E-state index contributed by atoms with van der Waals surface area (Å²) in [6.45, 7) is 8.96. The van der Waals surface area contributed by atoms with Gasteiger partial charge in [0, 0.05) is 6.04 Å². The average Bonchev–Trinajstić information content (AvgIpc) is 3.21. The van der Waals surface area contributed by atoms with Crippen LogP contribution in [0.25, 0.3) is 0 Å². The molecule has 0 aromatic heterocycles. The van der Waals surface area contributed by atoms with Crippen LogP contribution in [-0.4, -0.2) is 24.3 Å². The van der Waals surface area contributed by atoms with Crippen molar-refractivity contribution in [3.63, 3.8) is 0 Å². The van der Waals surface area contributed by atoms with Crippen LogP contribution < -0.4 is 5.32 Å². The Morgan fingerprint density at radius 1 is 1.09 bits per heavy atom. The van der Waals surface area contributed by atoms with Gasteiger partial charge in [-0.05, 0) is 86.1 Å². The molecule has 1 amide bonds. The summed E-state index contributed by atoms with van der Waals surface area (Å²) in [6.07, 6.45) is 8.24. The Balaban J connectivity index is 1.40. The van der Waals surface area contributed by atoms with Crippen LogP contribution in [0, 0.1) is 40.9 Å². The van der Waals surface area contributed by atoms with Gasteiger partial charge in [-0.1, -0.05) is 20.8 Å². The zero-order chi connectivity index (χ0) is 16.4. The molecule has 0 aromatic rings. The molecule has 0 aliphatic heterocycles. The van der Waals surface area contributed by atoms with E-state index in [0.29, 0.717) is 11.9 Å². The van der Waals surface area contributed by atoms with E-state index in [2.05, 4.69) is 32.8 Å². The molecule has 4 fully saturated rings. The predicted octanol–water partition coefficient (Wildman–Crippen LogP) is 4.29. The van der Waals surface area contributed by atoms with E-state index in [1.165, 1.54) is 32.1 Å². The van der Waals surface area contributed by atoms with Gasteiger partial charge in [-0.25, -0.2) is 0 Å². The van der Waals surface area contributed by atoms with Gasteiger partial charge in [-0.2, -0.15) is 0 Å². The molecule has 23 heavy (non-hydrogen) atoms. The van der Waals surface area contributed by atoms with Crippen molar-refractivity contribution in [3.8, 4) is 0 Å². The molecule has 1 N–H and O–H groups in total. The van der Waals surface area contributed by atoms with Crippen molar-refractivity contribution in [2.75, 3.05) is 6.66 Å². The van der Waals surface area contributed by atoms with Gasteiger partial charge >= 0.3 is 0 Å². The fourth-order valence-electron chi connectivity index (χ4n) is 6.95. The molecule has 9 unspecified atom stereocenters. The van der Waals surface area contributed by atoms with E-state index in [0.717, 1.165) is 50.5 Å². The number of hydrogen-bond donors (Lipinski definition) is 1. The Bertz CT molecular complexity index is 485. The van der Waals surface area contributed by atoms with E-state index in [9.17, 15) is 4.79 Å². The summed E-state index contributed by atoms with van der Waals surface area (Å²) < 4.78 is 0. The first kappa shape index (κ1) is 16.4. The summed E-state index contributed by atoms with van der Waals surface area (Å²) in [5.41, 5.74) is 0.472. The predicted molar refractivity (Wildman–Crippen MR) is 98.1 cm³/mol. The Labute approximate surface area is 143 Å². The lowest BCUT2D eigenvalue weighted by Gasteiger charge is -2.39. The van der Waals surface area contributed by atoms with Crippen LogP contribution >= 0.6 is 8.58 Å². The molecule has 0 aromatic carbocycles. The molecule has 130 valence electrons. The summed E-state index contributed by atoms with van der Waals surface area (Å²) >= 11 is 0. The number of fused-ring (bicyclic) bond motifs is 9. The van der Waals surface area contributed by atoms with Crippen molar-refractivity contribution in [3.05, 3.63) is 0 Å². The fourth-order valence-corrected chi connectivity index (χ4v) is 8.11. The smallest absolute Gasteiger partial charge is 0.227 e. The first-order valence-electron chi connectivity index (χ1n) is 9.85. The maximum absolute atomic E-state index is 12.8. The summed E-state index contributed by atoms with van der Waals surface area (Å²) in [5.74, 6) is 6.21. The lowest BCUT2D eigenvalue weighted by Crippen LogP contribution is -2.47. The van der Waals surface area contributed by atoms with Gasteiger partial charge < -0.3 is 5.32 Å². The van der Waals surface area contributed by atoms with E-state index >= 15 is 0 Å². The highest BCUT2D eigenvalue weighted by atomic mass is 31.1. The first-order valence-corrected chi connectivity index (χ1v) is 11.4. The third-order valence-corrected chi connectivity index (χ3v) is 8.71. The topological polar surface area (TPSA) is 29.1 Å². The van der Waals surface area contributed by atoms with Crippen LogP contribution in [0.3, 0.4) is 0 Å². The van der Waals surface area contributed by atoms with Crippen molar-refractivity contribution in [2.45, 2.75) is 71.0 Å². The maximum Gasteiger partial charge on any atom is 0.227 e. The van der Waals surface area contributed by atoms with Crippen molar-refractivity contribution >= 4 is 14.5 Å². The van der Waals surface area contributed by atoms with Gasteiger partial charge in [-0.3, -0.25) is 4.79 Å². The Morgan fingerprint density at radius 3 is 2.43 bits per heavy atom. The van der Waals surface area contributed by atoms with Crippen LogP contribution in [0.4, 0.5) is 0 Å². The molecule has 9 atom stereocenters. The number of rotatable bonds is 4. The summed E-state index contributed by atoms with van der Waals surface area (Å²) in [5, 5.41) is 3.52. The van der Waals surface area contributed by atoms with E-state index in [4.69, 9.17) is 0 Å². The number of carbonyl (C=O) groups excluding carboxylic acids is 1. The van der Waals surface area contributed by atoms with Crippen LogP contribution in [0.15, 0.2) is 0 Å². The minimum atomic E-state index is 0.227. The van der Waals surface area contributed by atoms with Gasteiger partial charge in [0.1, 0.15) is 0 Å². The third kappa shape index (κ3) is 2.78. The Morgan fingerprint density at radius 2 is 1.78 bits per heavy atom. The van der Waals surface area contributed by atoms with Gasteiger partial charge in [0.15, 0.2) is 0 Å². The zero-order valence-electron chi connectivity index (χ0n) is 15.3. The number of hydrogen-bond acceptors (Lipinski definition) is 1. The molecule has 0 spiro atoms. The van der Waals surface area contributed by atoms with Crippen molar-refractivity contribution in [2.24, 2.45) is 40.9 Å². The molecule has 4 rings (SSSR count). The standard InChI is InChI=1S/C20H34NOP/c1-20(2,3)10-16(23-4)19(22)21-15-9-13-8-14(15)18-12-6-5-11(7-12)17(13)18/h11-18,23H,5-10H2,1-4H3,(H,21,22). The highest BCUT2D eigenvalue weighted by Crippen LogP contribution is 2.67. The number of nitrogens with one attached hydrogen (secondary N) is 1. The Hall–Kier alpha value is -0.100. The second-order valence-electron chi connectivity index (χ2n) is 10.1. The lowest BCUT2D eigenvalue weighted by atomic mass is 9.69. The van der Waals surface area contributed by atoms with Crippen molar-refractivity contribution in [1.82, 2.24) is 5.32 Å². The lowest BCUT2D eigenvalue weighted by molar-refractivity contribution is -0.122. The summed E-state index contributed by atoms with van der Waals surface area (Å²) in [4.78, 5) is 12.8. The molecule has 4 saturated carbocycles. The fraction of sp³-hybridized carbons (Fsp3) is 0.950. The number of carbonyl (C=O) groups is 1. The molecule has 3 heteroatoms. The SMILES string of the molecule is CPC(CC(C)(C)C)C(=O)NC1CC2CC1C1C3CCC(C3)C21. The van der Waals surface area contributed by atoms with E-state index in [-0.39, 0.29) is 11.1 Å². The first-order chi connectivity index (χ1) is 10.9. The molecule has 4 aliphatic carbocycles. The van der Waals surface area contributed by atoms with Crippen LogP contribution in [0.2, 0.25) is 0 Å². The third-order valence-electron chi connectivity index (χ3n) is 7.54. The Kier molecular flexibility index (Phi) is 4.07. The van der Waals surface area contributed by atoms with Crippen LogP contribution in [0.1, 0.15) is 59.3 Å². The van der Waals surface area contributed by atoms with Crippen molar-refractivity contribution < 1.29 is 4.79 Å². The van der Waals surface area contributed by atoms with E-state index < -0.39 is 0 Å². The molecule has 0 radical (unpaired) electrons. The average molecular weight is 335 g/mol. The highest BCUT2D eigenvalue weighted by Gasteiger charge is 2.62. The van der Waals surface area contributed by atoms with Crippen LogP contribution in [0.5, 0.6) is 0 Å². The van der Waals surface area contributed by atoms with E-state index in [1.54, 1.807) is 0 Å².